The summed E-state index contributed by atoms with van der Waals surface area (Å²) in [6.45, 7) is 0.431. The number of hydrogen-bond donors (Lipinski definition) is 2. The number of nitrogens with two attached hydrogens (primary N) is 1. The number of imide groups is 1. The third-order valence-electron chi connectivity index (χ3n) is 2.67. The molecule has 3 N–H and O–H groups in total. The maximum Gasteiger partial charge on any atom is 0.326 e. The Morgan fingerprint density at radius 1 is 1.21 bits per heavy atom. The Hall–Kier alpha value is -1.76. The summed E-state index contributed by atoms with van der Waals surface area (Å²) in [5.74, 6) is -1.79. The molecule has 0 rings (SSSR count). The van der Waals surface area contributed by atoms with Crippen LogP contribution in [0.15, 0.2) is 0 Å². The molecule has 0 unspecified atom stereocenters. The summed E-state index contributed by atoms with van der Waals surface area (Å²) in [7, 11) is 0. The number of carboxylic acids is 1. The van der Waals surface area contributed by atoms with Gasteiger partial charge in [-0.2, -0.15) is 0 Å². The van der Waals surface area contributed by atoms with Crippen molar-refractivity contribution in [1.29, 1.82) is 0 Å². The van der Waals surface area contributed by atoms with Gasteiger partial charge in [-0.15, -0.1) is 0 Å². The molecular weight excluding hydrogens is 252 g/mol. The Kier molecular flexibility index (Phi) is 9.25. The second-order valence-corrected chi connectivity index (χ2v) is 4.10. The molecule has 0 aliphatic carbocycles. The number of nitrogens with zero attached hydrogens (tertiary/aromatic N) is 1. The summed E-state index contributed by atoms with van der Waals surface area (Å²) < 4.78 is 0. The fourth-order valence-electron chi connectivity index (χ4n) is 1.64. The van der Waals surface area contributed by atoms with Gasteiger partial charge in [-0.25, -0.2) is 4.79 Å². The first-order valence-electron chi connectivity index (χ1n) is 6.21. The van der Waals surface area contributed by atoms with Crippen LogP contribution in [0, 0.1) is 0 Å². The summed E-state index contributed by atoms with van der Waals surface area (Å²) >= 11 is 0. The second kappa shape index (κ2) is 10.2. The number of unbranched alkanes of at least 4 members (excludes halogenated alkanes) is 2. The van der Waals surface area contributed by atoms with Gasteiger partial charge in [-0.1, -0.05) is 0 Å². The molecule has 2 amide bonds. The van der Waals surface area contributed by atoms with E-state index in [4.69, 9.17) is 10.8 Å². The fraction of sp³-hybridized carbons (Fsp3) is 0.667. The molecule has 0 aromatic rings. The van der Waals surface area contributed by atoms with Crippen LogP contribution in [-0.2, 0) is 19.2 Å². The zero-order valence-electron chi connectivity index (χ0n) is 10.8. The molecule has 108 valence electrons. The van der Waals surface area contributed by atoms with Gasteiger partial charge >= 0.3 is 5.97 Å². The summed E-state index contributed by atoms with van der Waals surface area (Å²) in [6, 6.07) is -1.16. The topological polar surface area (TPSA) is 118 Å². The van der Waals surface area contributed by atoms with E-state index in [1.54, 1.807) is 0 Å². The SMILES string of the molecule is NCCCC[C@@H](C(=O)O)N(C=O)C(=O)CCCC=O. The third kappa shape index (κ3) is 6.66. The molecule has 0 aromatic carbocycles. The minimum Gasteiger partial charge on any atom is -0.480 e. The van der Waals surface area contributed by atoms with Crippen LogP contribution in [0.2, 0.25) is 0 Å². The monoisotopic (exact) mass is 272 g/mol. The molecular formula is C12H20N2O5. The van der Waals surface area contributed by atoms with Crippen LogP contribution in [0.4, 0.5) is 0 Å². The van der Waals surface area contributed by atoms with E-state index in [9.17, 15) is 19.2 Å². The average Bonchev–Trinajstić information content (AvgIpc) is 2.38. The van der Waals surface area contributed by atoms with Gasteiger partial charge in [0.1, 0.15) is 12.3 Å². The van der Waals surface area contributed by atoms with E-state index in [-0.39, 0.29) is 25.7 Å². The standard InChI is InChI=1S/C12H20N2O5/c13-7-3-1-5-10(12(18)19)14(9-16)11(17)6-2-4-8-15/h8-10H,1-7,13H2,(H,18,19)/t10-/m0/s1. The highest BCUT2D eigenvalue weighted by Crippen LogP contribution is 2.10. The van der Waals surface area contributed by atoms with Crippen molar-refractivity contribution in [2.75, 3.05) is 6.54 Å². The van der Waals surface area contributed by atoms with E-state index in [2.05, 4.69) is 0 Å². The van der Waals surface area contributed by atoms with E-state index in [0.29, 0.717) is 37.0 Å². The number of rotatable bonds is 11. The van der Waals surface area contributed by atoms with E-state index in [0.717, 1.165) is 0 Å². The van der Waals surface area contributed by atoms with Gasteiger partial charge in [0.05, 0.1) is 0 Å². The minimum absolute atomic E-state index is 0.0157. The molecule has 0 saturated heterocycles. The van der Waals surface area contributed by atoms with Gasteiger partial charge in [0.25, 0.3) is 0 Å². The van der Waals surface area contributed by atoms with Gasteiger partial charge in [0, 0.05) is 12.8 Å². The van der Waals surface area contributed by atoms with Crippen LogP contribution >= 0.6 is 0 Å². The first-order chi connectivity index (χ1) is 9.08. The summed E-state index contributed by atoms with van der Waals surface area (Å²) in [5, 5.41) is 9.05. The quantitative estimate of drug-likeness (QED) is 0.401. The van der Waals surface area contributed by atoms with Crippen molar-refractivity contribution >= 4 is 24.6 Å². The highest BCUT2D eigenvalue weighted by atomic mass is 16.4. The zero-order valence-corrected chi connectivity index (χ0v) is 10.8. The molecule has 0 heterocycles. The number of aliphatic carboxylic acids is 1. The number of amides is 2. The molecule has 0 bridgehead atoms. The summed E-state index contributed by atoms with van der Waals surface area (Å²) in [6.07, 6.45) is 2.77. The Bertz CT molecular complexity index is 319. The van der Waals surface area contributed by atoms with Gasteiger partial charge in [-0.05, 0) is 32.2 Å². The highest BCUT2D eigenvalue weighted by molar-refractivity contribution is 5.91. The van der Waals surface area contributed by atoms with E-state index in [1.165, 1.54) is 0 Å². The Balaban J connectivity index is 4.54. The van der Waals surface area contributed by atoms with E-state index >= 15 is 0 Å². The molecule has 0 radical (unpaired) electrons. The summed E-state index contributed by atoms with van der Waals surface area (Å²) in [4.78, 5) is 44.6. The lowest BCUT2D eigenvalue weighted by molar-refractivity contribution is -0.154. The molecule has 0 fully saturated rings. The maximum absolute atomic E-state index is 11.7. The normalized spacial score (nSPS) is 11.6. The molecule has 1 atom stereocenters. The highest BCUT2D eigenvalue weighted by Gasteiger charge is 2.28. The van der Waals surface area contributed by atoms with Crippen LogP contribution in [0.1, 0.15) is 38.5 Å². The number of aldehydes is 1. The number of carbonyl (C=O) groups is 4. The third-order valence-corrected chi connectivity index (χ3v) is 2.67. The van der Waals surface area contributed by atoms with Crippen LogP contribution in [0.25, 0.3) is 0 Å². The van der Waals surface area contributed by atoms with Crippen molar-refractivity contribution in [1.82, 2.24) is 4.90 Å². The van der Waals surface area contributed by atoms with Gasteiger partial charge in [-0.3, -0.25) is 14.5 Å². The van der Waals surface area contributed by atoms with Crippen LogP contribution in [0.5, 0.6) is 0 Å². The fourth-order valence-corrected chi connectivity index (χ4v) is 1.64. The smallest absolute Gasteiger partial charge is 0.326 e. The van der Waals surface area contributed by atoms with Gasteiger partial charge < -0.3 is 15.6 Å². The minimum atomic E-state index is -1.21. The van der Waals surface area contributed by atoms with Crippen LogP contribution in [0.3, 0.4) is 0 Å². The first-order valence-corrected chi connectivity index (χ1v) is 6.21. The zero-order chi connectivity index (χ0) is 14.7. The molecule has 7 nitrogen and oxygen atoms in total. The van der Waals surface area contributed by atoms with Crippen molar-refractivity contribution in [2.24, 2.45) is 5.73 Å². The van der Waals surface area contributed by atoms with E-state index in [1.807, 2.05) is 0 Å². The van der Waals surface area contributed by atoms with Crippen molar-refractivity contribution < 1.29 is 24.3 Å². The predicted octanol–water partition coefficient (Wildman–Crippen LogP) is -0.0772. The van der Waals surface area contributed by atoms with Crippen molar-refractivity contribution in [3.05, 3.63) is 0 Å². The number of hydrogen-bond acceptors (Lipinski definition) is 5. The van der Waals surface area contributed by atoms with Gasteiger partial charge in [0.15, 0.2) is 0 Å². The number of carboxylic acid groups (broad SMARTS) is 1. The van der Waals surface area contributed by atoms with Crippen molar-refractivity contribution in [3.8, 4) is 0 Å². The van der Waals surface area contributed by atoms with Crippen molar-refractivity contribution in [3.63, 3.8) is 0 Å². The molecule has 0 aliphatic rings. The Labute approximate surface area is 111 Å². The molecule has 0 aliphatic heterocycles. The summed E-state index contributed by atoms with van der Waals surface area (Å²) in [5.41, 5.74) is 5.31. The largest absolute Gasteiger partial charge is 0.480 e. The molecule has 0 spiro atoms. The van der Waals surface area contributed by atoms with Crippen LogP contribution < -0.4 is 5.73 Å². The lowest BCUT2D eigenvalue weighted by Gasteiger charge is -2.23. The number of carbonyl (C=O) groups excluding carboxylic acids is 3. The van der Waals surface area contributed by atoms with E-state index < -0.39 is 17.9 Å². The van der Waals surface area contributed by atoms with Crippen molar-refractivity contribution in [2.45, 2.75) is 44.6 Å². The molecule has 19 heavy (non-hydrogen) atoms. The average molecular weight is 272 g/mol. The predicted molar refractivity (Wildman–Crippen MR) is 67.2 cm³/mol. The lowest BCUT2D eigenvalue weighted by Crippen LogP contribution is -2.44. The van der Waals surface area contributed by atoms with Gasteiger partial charge in [0.2, 0.25) is 12.3 Å². The molecule has 0 aromatic heterocycles. The first kappa shape index (κ1) is 17.2. The molecule has 0 saturated carbocycles. The second-order valence-electron chi connectivity index (χ2n) is 4.10. The lowest BCUT2D eigenvalue weighted by atomic mass is 10.1. The van der Waals surface area contributed by atoms with Crippen LogP contribution in [-0.4, -0.2) is 47.2 Å². The Morgan fingerprint density at radius 3 is 2.37 bits per heavy atom. The maximum atomic E-state index is 11.7. The molecule has 7 heteroatoms. The Morgan fingerprint density at radius 2 is 1.89 bits per heavy atom.